The minimum atomic E-state index is -0.0857. The third kappa shape index (κ3) is 4.06. The number of hydrogen-bond donors (Lipinski definition) is 1. The highest BCUT2D eigenvalue weighted by molar-refractivity contribution is 5.82. The lowest BCUT2D eigenvalue weighted by atomic mass is 10.1. The number of amides is 1. The molecule has 4 rings (SSSR count). The second kappa shape index (κ2) is 8.00. The van der Waals surface area contributed by atoms with Crippen LogP contribution < -0.4 is 10.1 Å². The van der Waals surface area contributed by atoms with Crippen LogP contribution in [0.4, 0.5) is 0 Å². The number of benzene rings is 2. The molecule has 2 aromatic heterocycles. The summed E-state index contributed by atoms with van der Waals surface area (Å²) >= 11 is 0. The summed E-state index contributed by atoms with van der Waals surface area (Å²) in [5, 5.41) is 7.86. The highest BCUT2D eigenvalue weighted by atomic mass is 16.5. The fourth-order valence-corrected chi connectivity index (χ4v) is 2.92. The van der Waals surface area contributed by atoms with Crippen LogP contribution in [0.15, 0.2) is 69.6 Å². The zero-order valence-corrected chi connectivity index (χ0v) is 15.5. The van der Waals surface area contributed by atoms with E-state index < -0.39 is 0 Å². The summed E-state index contributed by atoms with van der Waals surface area (Å²) in [6.07, 6.45) is 0.292. The molecule has 0 unspecified atom stereocenters. The zero-order valence-electron chi connectivity index (χ0n) is 15.5. The molecule has 6 heteroatoms. The summed E-state index contributed by atoms with van der Waals surface area (Å²) in [4.78, 5) is 12.2. The molecule has 0 atom stereocenters. The van der Waals surface area contributed by atoms with Crippen molar-refractivity contribution in [2.45, 2.75) is 19.9 Å². The number of ether oxygens (including phenoxy) is 1. The lowest BCUT2D eigenvalue weighted by molar-refractivity contribution is -0.120. The Labute approximate surface area is 162 Å². The van der Waals surface area contributed by atoms with Crippen molar-refractivity contribution >= 4 is 16.9 Å². The van der Waals surface area contributed by atoms with E-state index in [0.717, 1.165) is 22.3 Å². The van der Waals surface area contributed by atoms with Crippen molar-refractivity contribution in [1.82, 2.24) is 10.5 Å². The van der Waals surface area contributed by atoms with Crippen molar-refractivity contribution in [3.05, 3.63) is 71.9 Å². The number of carbonyl (C=O) groups is 1. The van der Waals surface area contributed by atoms with Crippen molar-refractivity contribution in [2.75, 3.05) is 6.61 Å². The SMILES string of the molecule is CCOc1ccc(CC(=O)NCc2cc(-c3cc4ccccc4o3)on2)cc1. The summed E-state index contributed by atoms with van der Waals surface area (Å²) < 4.78 is 16.5. The van der Waals surface area contributed by atoms with Crippen LogP contribution in [-0.2, 0) is 17.8 Å². The van der Waals surface area contributed by atoms with Crippen LogP contribution in [0.2, 0.25) is 0 Å². The Hall–Kier alpha value is -3.54. The molecule has 0 bridgehead atoms. The van der Waals surface area contributed by atoms with Crippen LogP contribution in [0.3, 0.4) is 0 Å². The lowest BCUT2D eigenvalue weighted by Crippen LogP contribution is -2.24. The number of furan rings is 1. The van der Waals surface area contributed by atoms with Gasteiger partial charge in [-0.05, 0) is 36.8 Å². The van der Waals surface area contributed by atoms with Crippen LogP contribution in [-0.4, -0.2) is 17.7 Å². The van der Waals surface area contributed by atoms with Gasteiger partial charge in [-0.25, -0.2) is 0 Å². The van der Waals surface area contributed by atoms with E-state index in [0.29, 0.717) is 36.8 Å². The summed E-state index contributed by atoms with van der Waals surface area (Å²) in [6, 6.07) is 18.9. The summed E-state index contributed by atoms with van der Waals surface area (Å²) in [6.45, 7) is 2.85. The van der Waals surface area contributed by atoms with Crippen molar-refractivity contribution in [3.8, 4) is 17.3 Å². The fourth-order valence-electron chi connectivity index (χ4n) is 2.92. The molecule has 0 radical (unpaired) electrons. The van der Waals surface area contributed by atoms with Gasteiger partial charge in [-0.3, -0.25) is 4.79 Å². The molecule has 6 nitrogen and oxygen atoms in total. The first-order valence-corrected chi connectivity index (χ1v) is 9.14. The van der Waals surface area contributed by atoms with Gasteiger partial charge in [0.1, 0.15) is 17.0 Å². The molecule has 0 aliphatic rings. The molecular formula is C22H20N2O4. The van der Waals surface area contributed by atoms with Crippen LogP contribution in [0.25, 0.3) is 22.5 Å². The first-order chi connectivity index (χ1) is 13.7. The quantitative estimate of drug-likeness (QED) is 0.519. The molecule has 2 heterocycles. The van der Waals surface area contributed by atoms with E-state index >= 15 is 0 Å². The van der Waals surface area contributed by atoms with Gasteiger partial charge in [0.15, 0.2) is 5.76 Å². The number of hydrogen-bond acceptors (Lipinski definition) is 5. The molecule has 28 heavy (non-hydrogen) atoms. The van der Waals surface area contributed by atoms with Crippen molar-refractivity contribution in [2.24, 2.45) is 0 Å². The number of nitrogens with zero attached hydrogens (tertiary/aromatic N) is 1. The topological polar surface area (TPSA) is 77.5 Å². The largest absolute Gasteiger partial charge is 0.494 e. The summed E-state index contributed by atoms with van der Waals surface area (Å²) in [7, 11) is 0. The van der Waals surface area contributed by atoms with Crippen LogP contribution >= 0.6 is 0 Å². The van der Waals surface area contributed by atoms with E-state index in [2.05, 4.69) is 10.5 Å². The average Bonchev–Trinajstić information content (AvgIpc) is 3.35. The lowest BCUT2D eigenvalue weighted by Gasteiger charge is -2.05. The Bertz CT molecular complexity index is 1050. The second-order valence-electron chi connectivity index (χ2n) is 6.36. The van der Waals surface area contributed by atoms with E-state index in [1.54, 1.807) is 6.07 Å². The number of aromatic nitrogens is 1. The molecule has 0 spiro atoms. The minimum Gasteiger partial charge on any atom is -0.494 e. The maximum atomic E-state index is 12.2. The van der Waals surface area contributed by atoms with Gasteiger partial charge in [-0.1, -0.05) is 35.5 Å². The Kier molecular flexibility index (Phi) is 5.10. The van der Waals surface area contributed by atoms with Crippen molar-refractivity contribution in [1.29, 1.82) is 0 Å². The number of nitrogens with one attached hydrogen (secondary N) is 1. The van der Waals surface area contributed by atoms with Crippen molar-refractivity contribution < 1.29 is 18.5 Å². The molecule has 0 aliphatic carbocycles. The van der Waals surface area contributed by atoms with Gasteiger partial charge >= 0.3 is 0 Å². The standard InChI is InChI=1S/C22H20N2O4/c1-2-26-18-9-7-15(8-10-18)11-22(25)23-14-17-13-21(28-24-17)20-12-16-5-3-4-6-19(16)27-20/h3-10,12-13H,2,11,14H2,1H3,(H,23,25). The van der Waals surface area contributed by atoms with Gasteiger partial charge in [0.05, 0.1) is 19.6 Å². The zero-order chi connectivity index (χ0) is 19.3. The number of carbonyl (C=O) groups excluding carboxylic acids is 1. The second-order valence-corrected chi connectivity index (χ2v) is 6.36. The molecule has 142 valence electrons. The average molecular weight is 376 g/mol. The highest BCUT2D eigenvalue weighted by Crippen LogP contribution is 2.28. The van der Waals surface area contributed by atoms with E-state index in [-0.39, 0.29) is 5.91 Å². The van der Waals surface area contributed by atoms with Crippen LogP contribution in [0, 0.1) is 0 Å². The third-order valence-electron chi connectivity index (χ3n) is 4.29. The molecule has 1 amide bonds. The molecule has 0 fully saturated rings. The third-order valence-corrected chi connectivity index (χ3v) is 4.29. The predicted molar refractivity (Wildman–Crippen MR) is 105 cm³/mol. The maximum Gasteiger partial charge on any atom is 0.224 e. The van der Waals surface area contributed by atoms with Gasteiger partial charge in [-0.2, -0.15) is 0 Å². The van der Waals surface area contributed by atoms with Gasteiger partial charge in [-0.15, -0.1) is 0 Å². The summed E-state index contributed by atoms with van der Waals surface area (Å²) in [5.74, 6) is 1.86. The highest BCUT2D eigenvalue weighted by Gasteiger charge is 2.13. The molecule has 0 saturated carbocycles. The Morgan fingerprint density at radius 1 is 1.07 bits per heavy atom. The van der Waals surface area contributed by atoms with Gasteiger partial charge in [0.25, 0.3) is 0 Å². The van der Waals surface area contributed by atoms with Crippen LogP contribution in [0.1, 0.15) is 18.2 Å². The first kappa shape index (κ1) is 17.9. The molecule has 2 aromatic carbocycles. The normalized spacial score (nSPS) is 10.9. The van der Waals surface area contributed by atoms with Crippen molar-refractivity contribution in [3.63, 3.8) is 0 Å². The molecule has 0 aliphatic heterocycles. The van der Waals surface area contributed by atoms with E-state index in [4.69, 9.17) is 13.7 Å². The van der Waals surface area contributed by atoms with Gasteiger partial charge in [0, 0.05) is 11.5 Å². The summed E-state index contributed by atoms with van der Waals surface area (Å²) in [5.41, 5.74) is 2.35. The molecule has 1 N–H and O–H groups in total. The Balaban J connectivity index is 1.34. The number of para-hydroxylation sites is 1. The predicted octanol–water partition coefficient (Wildman–Crippen LogP) is 4.35. The monoisotopic (exact) mass is 376 g/mol. The number of rotatable bonds is 7. The fraction of sp³-hybridized carbons (Fsp3) is 0.182. The number of fused-ring (bicyclic) bond motifs is 1. The van der Waals surface area contributed by atoms with E-state index in [1.807, 2.05) is 61.5 Å². The smallest absolute Gasteiger partial charge is 0.224 e. The van der Waals surface area contributed by atoms with E-state index in [1.165, 1.54) is 0 Å². The Morgan fingerprint density at radius 3 is 2.68 bits per heavy atom. The van der Waals surface area contributed by atoms with Crippen LogP contribution in [0.5, 0.6) is 5.75 Å². The van der Waals surface area contributed by atoms with E-state index in [9.17, 15) is 4.79 Å². The van der Waals surface area contributed by atoms with Gasteiger partial charge < -0.3 is 19.0 Å². The van der Waals surface area contributed by atoms with Gasteiger partial charge in [0.2, 0.25) is 11.7 Å². The Morgan fingerprint density at radius 2 is 1.89 bits per heavy atom. The molecule has 0 saturated heterocycles. The molecule has 4 aromatic rings. The molecular weight excluding hydrogens is 356 g/mol. The first-order valence-electron chi connectivity index (χ1n) is 9.14. The maximum absolute atomic E-state index is 12.2. The minimum absolute atomic E-state index is 0.0857.